The highest BCUT2D eigenvalue weighted by molar-refractivity contribution is 6.76. The van der Waals surface area contributed by atoms with Crippen LogP contribution in [0.4, 0.5) is 0 Å². The van der Waals surface area contributed by atoms with Gasteiger partial charge in [-0.1, -0.05) is 19.6 Å². The van der Waals surface area contributed by atoms with Crippen LogP contribution in [-0.2, 0) is 22.6 Å². The Bertz CT molecular complexity index is 331. The van der Waals surface area contributed by atoms with Crippen molar-refractivity contribution in [3.63, 3.8) is 0 Å². The average molecular weight is 240 g/mol. The predicted molar refractivity (Wildman–Crippen MR) is 66.2 cm³/mol. The van der Waals surface area contributed by atoms with Crippen molar-refractivity contribution in [1.29, 1.82) is 0 Å². The van der Waals surface area contributed by atoms with Crippen molar-refractivity contribution >= 4 is 14.4 Å². The molecule has 0 aliphatic heterocycles. The summed E-state index contributed by atoms with van der Waals surface area (Å²) >= 11 is 0. The predicted octanol–water partition coefficient (Wildman–Crippen LogP) is 2.01. The molecular weight excluding hydrogens is 220 g/mol. The number of imidazole rings is 1. The topological polar surface area (TPSA) is 55.0 Å². The third-order valence-corrected chi connectivity index (χ3v) is 3.92. The minimum atomic E-state index is -1.00. The average Bonchev–Trinajstić information content (AvgIpc) is 2.60. The monoisotopic (exact) mass is 240 g/mol. The van der Waals surface area contributed by atoms with Gasteiger partial charge in [0.1, 0.15) is 12.1 Å². The van der Waals surface area contributed by atoms with Crippen LogP contribution in [0.25, 0.3) is 0 Å². The number of rotatable bonds is 7. The van der Waals surface area contributed by atoms with Crippen LogP contribution >= 0.6 is 0 Å². The number of ether oxygens (including phenoxy) is 1. The van der Waals surface area contributed by atoms with Crippen molar-refractivity contribution in [3.8, 4) is 0 Å². The van der Waals surface area contributed by atoms with Crippen molar-refractivity contribution in [2.75, 3.05) is 6.61 Å². The summed E-state index contributed by atoms with van der Waals surface area (Å²) in [7, 11) is -1.00. The highest BCUT2D eigenvalue weighted by Gasteiger charge is 2.12. The summed E-state index contributed by atoms with van der Waals surface area (Å²) in [4.78, 5) is 17.4. The zero-order valence-electron chi connectivity index (χ0n) is 10.2. The number of nitrogens with zero attached hydrogens (tertiary/aromatic N) is 1. The SMILES string of the molecule is C[Si](C)(C)CCOCc1cnc(CC=O)[nH]1. The molecule has 0 radical (unpaired) electrons. The van der Waals surface area contributed by atoms with Crippen LogP contribution in [0, 0.1) is 0 Å². The number of nitrogens with one attached hydrogen (secondary N) is 1. The Morgan fingerprint density at radius 3 is 2.88 bits per heavy atom. The third-order valence-electron chi connectivity index (χ3n) is 2.21. The fourth-order valence-corrected chi connectivity index (χ4v) is 1.98. The van der Waals surface area contributed by atoms with Gasteiger partial charge in [-0.2, -0.15) is 0 Å². The fourth-order valence-electron chi connectivity index (χ4n) is 1.22. The molecule has 0 saturated carbocycles. The maximum absolute atomic E-state index is 10.3. The summed E-state index contributed by atoms with van der Waals surface area (Å²) < 4.78 is 5.56. The van der Waals surface area contributed by atoms with Crippen LogP contribution in [0.1, 0.15) is 11.5 Å². The molecule has 1 aromatic heterocycles. The zero-order chi connectivity index (χ0) is 12.0. The van der Waals surface area contributed by atoms with Crippen LogP contribution in [0.5, 0.6) is 0 Å². The molecule has 0 amide bonds. The summed E-state index contributed by atoms with van der Waals surface area (Å²) in [5, 5.41) is 0. The van der Waals surface area contributed by atoms with Gasteiger partial charge >= 0.3 is 0 Å². The highest BCUT2D eigenvalue weighted by Crippen LogP contribution is 2.08. The van der Waals surface area contributed by atoms with E-state index in [0.717, 1.165) is 18.6 Å². The van der Waals surface area contributed by atoms with E-state index < -0.39 is 8.07 Å². The van der Waals surface area contributed by atoms with E-state index in [1.165, 1.54) is 6.04 Å². The van der Waals surface area contributed by atoms with E-state index in [2.05, 4.69) is 29.6 Å². The fraction of sp³-hybridized carbons (Fsp3) is 0.636. The molecule has 5 heteroatoms. The number of carbonyl (C=O) groups excluding carboxylic acids is 1. The molecule has 0 fully saturated rings. The summed E-state index contributed by atoms with van der Waals surface area (Å²) in [6, 6.07) is 1.17. The van der Waals surface area contributed by atoms with E-state index >= 15 is 0 Å². The quantitative estimate of drug-likeness (QED) is 0.450. The second kappa shape index (κ2) is 5.96. The van der Waals surface area contributed by atoms with Crippen molar-refractivity contribution < 1.29 is 9.53 Å². The molecule has 16 heavy (non-hydrogen) atoms. The Balaban J connectivity index is 2.24. The molecule has 0 spiro atoms. The first-order valence-corrected chi connectivity index (χ1v) is 9.26. The number of aromatic nitrogens is 2. The Hall–Kier alpha value is -0.943. The Morgan fingerprint density at radius 2 is 2.25 bits per heavy atom. The van der Waals surface area contributed by atoms with E-state index in [1.807, 2.05) is 0 Å². The Labute approximate surface area is 97.4 Å². The lowest BCUT2D eigenvalue weighted by Gasteiger charge is -2.14. The number of aldehydes is 1. The standard InChI is InChI=1S/C11H20N2O2Si/c1-16(2,3)7-6-15-9-10-8-12-11(13-10)4-5-14/h5,8H,4,6-7,9H2,1-3H3,(H,12,13). The van der Waals surface area contributed by atoms with E-state index in [-0.39, 0.29) is 0 Å². The van der Waals surface area contributed by atoms with Crippen LogP contribution in [-0.4, -0.2) is 30.9 Å². The largest absolute Gasteiger partial charge is 0.375 e. The summed E-state index contributed by atoms with van der Waals surface area (Å²) in [5.74, 6) is 0.707. The molecule has 0 saturated heterocycles. The van der Waals surface area contributed by atoms with Gasteiger partial charge in [-0.25, -0.2) is 4.98 Å². The van der Waals surface area contributed by atoms with Gasteiger partial charge in [0, 0.05) is 14.7 Å². The summed E-state index contributed by atoms with van der Waals surface area (Å²) in [6.07, 6.45) is 2.91. The zero-order valence-corrected chi connectivity index (χ0v) is 11.2. The number of aromatic amines is 1. The number of hydrogen-bond donors (Lipinski definition) is 1. The lowest BCUT2D eigenvalue weighted by molar-refractivity contribution is -0.107. The van der Waals surface area contributed by atoms with Gasteiger partial charge < -0.3 is 14.5 Å². The van der Waals surface area contributed by atoms with Crippen molar-refractivity contribution in [2.45, 2.75) is 38.7 Å². The van der Waals surface area contributed by atoms with Gasteiger partial charge in [0.2, 0.25) is 0 Å². The van der Waals surface area contributed by atoms with Crippen molar-refractivity contribution in [3.05, 3.63) is 17.7 Å². The second-order valence-corrected chi connectivity index (χ2v) is 10.7. The van der Waals surface area contributed by atoms with Crippen molar-refractivity contribution in [2.24, 2.45) is 0 Å². The molecular formula is C11H20N2O2Si. The molecule has 1 heterocycles. The summed E-state index contributed by atoms with van der Waals surface area (Å²) in [6.45, 7) is 8.34. The van der Waals surface area contributed by atoms with Crippen molar-refractivity contribution in [1.82, 2.24) is 9.97 Å². The maximum atomic E-state index is 10.3. The Kier molecular flexibility index (Phi) is 4.89. The van der Waals surface area contributed by atoms with Crippen LogP contribution < -0.4 is 0 Å². The number of carbonyl (C=O) groups is 1. The molecule has 1 N–H and O–H groups in total. The first kappa shape index (κ1) is 13.1. The molecule has 0 unspecified atom stereocenters. The normalized spacial score (nSPS) is 11.7. The van der Waals surface area contributed by atoms with Gasteiger partial charge in [-0.15, -0.1) is 0 Å². The van der Waals surface area contributed by atoms with Gasteiger partial charge in [0.15, 0.2) is 0 Å². The van der Waals surface area contributed by atoms with Gasteiger partial charge in [-0.05, 0) is 6.04 Å². The van der Waals surface area contributed by atoms with E-state index in [4.69, 9.17) is 4.74 Å². The molecule has 4 nitrogen and oxygen atoms in total. The molecule has 0 aromatic carbocycles. The lowest BCUT2D eigenvalue weighted by Crippen LogP contribution is -2.21. The molecule has 0 atom stereocenters. The maximum Gasteiger partial charge on any atom is 0.127 e. The van der Waals surface area contributed by atoms with Crippen LogP contribution in [0.2, 0.25) is 25.7 Å². The number of H-pyrrole nitrogens is 1. The smallest absolute Gasteiger partial charge is 0.127 e. The van der Waals surface area contributed by atoms with Crippen LogP contribution in [0.3, 0.4) is 0 Å². The van der Waals surface area contributed by atoms with E-state index in [1.54, 1.807) is 6.20 Å². The van der Waals surface area contributed by atoms with E-state index in [9.17, 15) is 4.79 Å². The second-order valence-electron chi connectivity index (χ2n) is 5.09. The Morgan fingerprint density at radius 1 is 1.50 bits per heavy atom. The highest BCUT2D eigenvalue weighted by atomic mass is 28.3. The summed E-state index contributed by atoms with van der Waals surface area (Å²) in [5.41, 5.74) is 0.937. The molecule has 0 bridgehead atoms. The molecule has 0 aliphatic rings. The van der Waals surface area contributed by atoms with Gasteiger partial charge in [0.25, 0.3) is 0 Å². The number of hydrogen-bond acceptors (Lipinski definition) is 3. The molecule has 1 aromatic rings. The van der Waals surface area contributed by atoms with E-state index in [0.29, 0.717) is 18.9 Å². The van der Waals surface area contributed by atoms with Gasteiger partial charge in [0.05, 0.1) is 24.9 Å². The molecule has 90 valence electrons. The third kappa shape index (κ3) is 5.23. The van der Waals surface area contributed by atoms with Gasteiger partial charge in [-0.3, -0.25) is 0 Å². The first-order chi connectivity index (χ1) is 7.51. The molecule has 0 aliphatic carbocycles. The minimum Gasteiger partial charge on any atom is -0.375 e. The lowest BCUT2D eigenvalue weighted by atomic mass is 10.4. The van der Waals surface area contributed by atoms with Crippen LogP contribution in [0.15, 0.2) is 6.20 Å². The first-order valence-electron chi connectivity index (χ1n) is 5.55. The molecule has 1 rings (SSSR count). The minimum absolute atomic E-state index is 0.342.